The maximum Gasteiger partial charge on any atom is 2.00 e. The SMILES string of the molecule is CC.CC.[CH-]1CCCC1.[CH-]1CCCC1.[CH2-]CCO.[CH2-]CN(CCOCCCC1[CH-]CCC1)CCOCCCC1C[CH-]CC1.[Fe+2].[Fe+2].[W+2]. The molecule has 0 radical (unpaired) electrons. The third kappa shape index (κ3) is 41.7. The number of aliphatic hydroxyl groups excluding tert-OH is 1. The Labute approximate surface area is 326 Å². The third-order valence-electron chi connectivity index (χ3n) is 8.03. The number of rotatable bonds is 16. The minimum absolute atomic E-state index is 0. The molecule has 0 spiro atoms. The smallest absolute Gasteiger partial charge is 0.399 e. The van der Waals surface area contributed by atoms with Gasteiger partial charge in [0.15, 0.2) is 0 Å². The van der Waals surface area contributed by atoms with E-state index >= 15 is 0 Å². The Balaban J connectivity index is -0.000000219. The second kappa shape index (κ2) is 50.9. The Morgan fingerprint density at radius 3 is 1.52 bits per heavy atom. The molecule has 4 saturated carbocycles. The third-order valence-corrected chi connectivity index (χ3v) is 8.03. The van der Waals surface area contributed by atoms with Gasteiger partial charge < -0.3 is 59.0 Å². The Hall–Kier alpha value is 1.57. The first-order chi connectivity index (χ1) is 21.3. The molecule has 46 heavy (non-hydrogen) atoms. The van der Waals surface area contributed by atoms with Crippen LogP contribution in [0.2, 0.25) is 0 Å². The summed E-state index contributed by atoms with van der Waals surface area (Å²) in [5.74, 6) is 1.80. The maximum absolute atomic E-state index is 7.81. The van der Waals surface area contributed by atoms with Crippen LogP contribution in [0.4, 0.5) is 0 Å². The van der Waals surface area contributed by atoms with Gasteiger partial charge in [-0.3, -0.25) is 0 Å². The van der Waals surface area contributed by atoms with Gasteiger partial charge in [-0.15, -0.1) is 6.54 Å². The largest absolute Gasteiger partial charge is 2.00 e. The first kappa shape index (κ1) is 56.9. The number of ether oxygens (including phenoxy) is 2. The van der Waals surface area contributed by atoms with Gasteiger partial charge in [-0.1, -0.05) is 91.4 Å². The van der Waals surface area contributed by atoms with Crippen molar-refractivity contribution in [3.8, 4) is 0 Å². The molecule has 0 aliphatic heterocycles. The van der Waals surface area contributed by atoms with Crippen LogP contribution in [0, 0.1) is 51.4 Å². The second-order valence-corrected chi connectivity index (χ2v) is 11.5. The monoisotopic (exact) mass is 903 g/mol. The molecule has 0 aromatic carbocycles. The van der Waals surface area contributed by atoms with Crippen LogP contribution in [0.1, 0.15) is 150 Å². The minimum atomic E-state index is 0. The Bertz CT molecular complexity index is 419. The zero-order chi connectivity index (χ0) is 32.1. The zero-order valence-electron chi connectivity index (χ0n) is 30.8. The fourth-order valence-electron chi connectivity index (χ4n) is 5.49. The summed E-state index contributed by atoms with van der Waals surface area (Å²) in [7, 11) is 0. The van der Waals surface area contributed by atoms with E-state index in [0.29, 0.717) is 6.42 Å². The number of hydrogen-bond donors (Lipinski definition) is 1. The molecule has 1 N–H and O–H groups in total. The summed E-state index contributed by atoms with van der Waals surface area (Å²) in [6.45, 7) is 21.8. The van der Waals surface area contributed by atoms with Crippen LogP contribution in [0.15, 0.2) is 0 Å². The van der Waals surface area contributed by atoms with Crippen LogP contribution < -0.4 is 0 Å². The summed E-state index contributed by atoms with van der Waals surface area (Å²) in [5.41, 5.74) is 0. The molecule has 278 valence electrons. The fraction of sp³-hybridized carbons (Fsp3) is 0.846. The van der Waals surface area contributed by atoms with Crippen molar-refractivity contribution < 1.29 is 69.8 Å². The van der Waals surface area contributed by atoms with E-state index in [1.54, 1.807) is 0 Å². The van der Waals surface area contributed by atoms with Gasteiger partial charge in [0.05, 0.1) is 13.2 Å². The van der Waals surface area contributed by atoms with Gasteiger partial charge in [0.1, 0.15) is 0 Å². The molecule has 4 rings (SSSR count). The van der Waals surface area contributed by atoms with E-state index in [9.17, 15) is 0 Å². The van der Waals surface area contributed by atoms with Crippen molar-refractivity contribution in [1.82, 2.24) is 4.90 Å². The van der Waals surface area contributed by atoms with E-state index in [-0.39, 0.29) is 61.8 Å². The summed E-state index contributed by atoms with van der Waals surface area (Å²) in [5, 5.41) is 7.81. The van der Waals surface area contributed by atoms with E-state index in [1.807, 2.05) is 27.7 Å². The molecule has 2 atom stereocenters. The molecule has 0 bridgehead atoms. The average molecular weight is 904 g/mol. The van der Waals surface area contributed by atoms with E-state index < -0.39 is 0 Å². The van der Waals surface area contributed by atoms with E-state index in [0.717, 1.165) is 57.9 Å². The molecule has 2 unspecified atom stereocenters. The first-order valence-corrected chi connectivity index (χ1v) is 18.7. The van der Waals surface area contributed by atoms with E-state index in [1.165, 1.54) is 116 Å². The average Bonchev–Trinajstić information content (AvgIpc) is 3.91. The molecule has 4 nitrogen and oxygen atoms in total. The molecule has 4 aliphatic rings. The number of hydrogen-bond acceptors (Lipinski definition) is 4. The predicted molar refractivity (Wildman–Crippen MR) is 190 cm³/mol. The quantitative estimate of drug-likeness (QED) is 0.0952. The molecule has 4 aliphatic carbocycles. The molecule has 0 saturated heterocycles. The van der Waals surface area contributed by atoms with Crippen LogP contribution in [-0.4, -0.2) is 62.7 Å². The molecule has 0 aromatic heterocycles. The summed E-state index contributed by atoms with van der Waals surface area (Å²) < 4.78 is 11.6. The molecule has 4 fully saturated rings. The van der Waals surface area contributed by atoms with E-state index in [2.05, 4.69) is 44.4 Å². The molecule has 7 heteroatoms. The van der Waals surface area contributed by atoms with Crippen molar-refractivity contribution >= 4 is 0 Å². The van der Waals surface area contributed by atoms with Crippen LogP contribution in [0.3, 0.4) is 0 Å². The summed E-state index contributed by atoms with van der Waals surface area (Å²) >= 11 is 0. The van der Waals surface area contributed by atoms with Crippen molar-refractivity contribution in [3.63, 3.8) is 0 Å². The normalized spacial score (nSPS) is 19.0. The van der Waals surface area contributed by atoms with Gasteiger partial charge in [-0.2, -0.15) is 57.3 Å². The summed E-state index contributed by atoms with van der Waals surface area (Å²) in [6, 6.07) is 0. The van der Waals surface area contributed by atoms with Crippen molar-refractivity contribution in [2.75, 3.05) is 52.7 Å². The standard InChI is InChI=1S/C22H40NO2.2C5H9.C3H7O.2C2H6.2Fe.W/c1-2-23(15-19-24-17-7-13-21-9-3-4-10-21)16-20-25-18-8-14-22-11-5-6-12-22;2*1-2-4-5-3-1;1-2-3-4;2*1-2;;;/h3,11,21-22H,1-2,4-10,12-20H2;2*1H,2-5H2;4H,1-3H2;2*1-2H3;;;/q-3;3*-1;;;3*+2. The van der Waals surface area contributed by atoms with Gasteiger partial charge in [0.2, 0.25) is 0 Å². The fourth-order valence-corrected chi connectivity index (χ4v) is 5.49. The van der Waals surface area contributed by atoms with Gasteiger partial charge in [-0.25, -0.2) is 0 Å². The second-order valence-electron chi connectivity index (χ2n) is 11.5. The van der Waals surface area contributed by atoms with Crippen molar-refractivity contribution in [2.24, 2.45) is 11.8 Å². The maximum atomic E-state index is 7.81. The van der Waals surface area contributed by atoms with Gasteiger partial charge in [0, 0.05) is 32.9 Å². The van der Waals surface area contributed by atoms with Crippen LogP contribution in [0.25, 0.3) is 0 Å². The van der Waals surface area contributed by atoms with Gasteiger partial charge >= 0.3 is 55.2 Å². The molecular weight excluding hydrogens is 826 g/mol. The van der Waals surface area contributed by atoms with Crippen LogP contribution in [0.5, 0.6) is 0 Å². The Kier molecular flexibility index (Phi) is 63.0. The summed E-state index contributed by atoms with van der Waals surface area (Å²) in [4.78, 5) is 2.33. The number of aliphatic hydroxyl groups is 1. The molecule has 0 heterocycles. The van der Waals surface area contributed by atoms with Gasteiger partial charge in [-0.05, 0) is 12.8 Å². The topological polar surface area (TPSA) is 41.9 Å². The Morgan fingerprint density at radius 2 is 1.17 bits per heavy atom. The van der Waals surface area contributed by atoms with Crippen molar-refractivity contribution in [2.45, 2.75) is 150 Å². The zero-order valence-corrected chi connectivity index (χ0v) is 35.9. The van der Waals surface area contributed by atoms with Crippen LogP contribution >= 0.6 is 0 Å². The van der Waals surface area contributed by atoms with Crippen molar-refractivity contribution in [1.29, 1.82) is 0 Å². The van der Waals surface area contributed by atoms with Crippen molar-refractivity contribution in [3.05, 3.63) is 39.5 Å². The minimum Gasteiger partial charge on any atom is -0.399 e. The Morgan fingerprint density at radius 1 is 0.674 bits per heavy atom. The molecule has 0 amide bonds. The molecule has 0 aromatic rings. The number of nitrogens with zero attached hydrogens (tertiary/aromatic N) is 1. The molecular formula is C39H77Fe2NO3W. The predicted octanol–water partition coefficient (Wildman–Crippen LogP) is 10.5. The summed E-state index contributed by atoms with van der Waals surface area (Å²) in [6.07, 6.45) is 34.8. The van der Waals surface area contributed by atoms with Crippen LogP contribution in [-0.2, 0) is 64.7 Å². The first-order valence-electron chi connectivity index (χ1n) is 18.7. The van der Waals surface area contributed by atoms with E-state index in [4.69, 9.17) is 14.6 Å². The van der Waals surface area contributed by atoms with Gasteiger partial charge in [0.25, 0.3) is 0 Å².